The molecule has 6 heteroatoms. The van der Waals surface area contributed by atoms with Gasteiger partial charge in [-0.15, -0.1) is 0 Å². The zero-order valence-corrected chi connectivity index (χ0v) is 19.9. The van der Waals surface area contributed by atoms with Crippen molar-refractivity contribution >= 4 is 11.8 Å². The Labute approximate surface area is 202 Å². The molecule has 5 rings (SSSR count). The van der Waals surface area contributed by atoms with E-state index in [0.717, 1.165) is 45.6 Å². The summed E-state index contributed by atoms with van der Waals surface area (Å²) in [4.78, 5) is 31.9. The molecule has 0 N–H and O–H groups in total. The van der Waals surface area contributed by atoms with Crippen LogP contribution in [0.5, 0.6) is 5.75 Å². The highest BCUT2D eigenvalue weighted by Gasteiger charge is 2.39. The Hall–Kier alpha value is -2.86. The molecule has 3 aliphatic rings. The van der Waals surface area contributed by atoms with E-state index >= 15 is 0 Å². The Morgan fingerprint density at radius 3 is 2.68 bits per heavy atom. The topological polar surface area (TPSA) is 53.1 Å². The number of amides is 2. The molecular formula is C28H35N3O3. The Kier molecular flexibility index (Phi) is 7.14. The molecule has 2 atom stereocenters. The summed E-state index contributed by atoms with van der Waals surface area (Å²) >= 11 is 0. The van der Waals surface area contributed by atoms with Crippen molar-refractivity contribution in [2.24, 2.45) is 5.92 Å². The number of hydrogen-bond donors (Lipinski definition) is 0. The van der Waals surface area contributed by atoms with Gasteiger partial charge in [-0.3, -0.25) is 14.5 Å². The lowest BCUT2D eigenvalue weighted by Gasteiger charge is -2.30. The second kappa shape index (κ2) is 10.6. The van der Waals surface area contributed by atoms with Crippen molar-refractivity contribution in [3.63, 3.8) is 0 Å². The molecule has 0 saturated carbocycles. The van der Waals surface area contributed by atoms with Gasteiger partial charge in [0.25, 0.3) is 5.91 Å². The number of benzene rings is 2. The maximum atomic E-state index is 13.6. The van der Waals surface area contributed by atoms with Gasteiger partial charge in [0.1, 0.15) is 12.4 Å². The molecule has 3 fully saturated rings. The number of fused-ring (bicyclic) bond motifs is 1. The van der Waals surface area contributed by atoms with Gasteiger partial charge in [-0.25, -0.2) is 0 Å². The Morgan fingerprint density at radius 1 is 0.971 bits per heavy atom. The normalized spacial score (nSPS) is 23.1. The van der Waals surface area contributed by atoms with Crippen LogP contribution in [0.25, 0.3) is 0 Å². The molecule has 0 aromatic heterocycles. The third-order valence-corrected chi connectivity index (χ3v) is 7.50. The minimum absolute atomic E-state index is 0.110. The molecule has 3 saturated heterocycles. The number of ether oxygens (including phenoxy) is 1. The smallest absolute Gasteiger partial charge is 0.254 e. The number of hydrogen-bond acceptors (Lipinski definition) is 4. The zero-order valence-electron chi connectivity index (χ0n) is 19.9. The molecular weight excluding hydrogens is 426 g/mol. The SMILES string of the molecule is O=C1CCCN1CCOc1cccc(C(=O)N2CCCC[C@H]3CN(Cc4ccccc4)C[C@H]32)c1. The van der Waals surface area contributed by atoms with E-state index < -0.39 is 0 Å². The first-order valence-electron chi connectivity index (χ1n) is 12.8. The highest BCUT2D eigenvalue weighted by Crippen LogP contribution is 2.32. The fourth-order valence-electron chi connectivity index (χ4n) is 5.75. The number of carbonyl (C=O) groups excluding carboxylic acids is 2. The summed E-state index contributed by atoms with van der Waals surface area (Å²) in [6.07, 6.45) is 5.02. The lowest BCUT2D eigenvalue weighted by molar-refractivity contribution is -0.128. The van der Waals surface area contributed by atoms with Gasteiger partial charge in [-0.1, -0.05) is 42.8 Å². The van der Waals surface area contributed by atoms with Gasteiger partial charge in [0, 0.05) is 50.7 Å². The molecule has 0 aliphatic carbocycles. The van der Waals surface area contributed by atoms with Gasteiger partial charge >= 0.3 is 0 Å². The molecule has 6 nitrogen and oxygen atoms in total. The van der Waals surface area contributed by atoms with Crippen LogP contribution < -0.4 is 4.74 Å². The van der Waals surface area contributed by atoms with Crippen LogP contribution in [0.15, 0.2) is 54.6 Å². The highest BCUT2D eigenvalue weighted by atomic mass is 16.5. The van der Waals surface area contributed by atoms with Crippen LogP contribution in [0, 0.1) is 5.92 Å². The Morgan fingerprint density at radius 2 is 1.85 bits per heavy atom. The maximum Gasteiger partial charge on any atom is 0.254 e. The fraction of sp³-hybridized carbons (Fsp3) is 0.500. The van der Waals surface area contributed by atoms with E-state index in [1.165, 1.54) is 18.4 Å². The Bertz CT molecular complexity index is 995. The van der Waals surface area contributed by atoms with Crippen LogP contribution in [0.1, 0.15) is 48.0 Å². The van der Waals surface area contributed by atoms with Crippen molar-refractivity contribution in [1.29, 1.82) is 0 Å². The maximum absolute atomic E-state index is 13.6. The van der Waals surface area contributed by atoms with Gasteiger partial charge in [-0.05, 0) is 48.9 Å². The standard InChI is InChI=1S/C28H35N3O3/c32-27-13-7-14-30(27)16-17-34-25-12-6-11-23(18-25)28(33)31-15-5-4-10-24-20-29(21-26(24)31)19-22-8-2-1-3-9-22/h1-3,6,8-9,11-12,18,24,26H,4-5,7,10,13-17,19-21H2/t24-,26+/m0/s1. The number of rotatable bonds is 7. The summed E-state index contributed by atoms with van der Waals surface area (Å²) < 4.78 is 5.92. The second-order valence-corrected chi connectivity index (χ2v) is 9.86. The highest BCUT2D eigenvalue weighted by molar-refractivity contribution is 5.95. The van der Waals surface area contributed by atoms with Crippen LogP contribution >= 0.6 is 0 Å². The molecule has 0 bridgehead atoms. The van der Waals surface area contributed by atoms with Crippen LogP contribution in [-0.2, 0) is 11.3 Å². The van der Waals surface area contributed by atoms with E-state index in [2.05, 4.69) is 40.1 Å². The Balaban J connectivity index is 1.23. The first-order valence-corrected chi connectivity index (χ1v) is 12.8. The van der Waals surface area contributed by atoms with Gasteiger partial charge in [0.05, 0.1) is 6.54 Å². The third-order valence-electron chi connectivity index (χ3n) is 7.50. The molecule has 34 heavy (non-hydrogen) atoms. The fourth-order valence-corrected chi connectivity index (χ4v) is 5.75. The van der Waals surface area contributed by atoms with Crippen LogP contribution in [0.3, 0.4) is 0 Å². The summed E-state index contributed by atoms with van der Waals surface area (Å²) in [7, 11) is 0. The van der Waals surface area contributed by atoms with Crippen LogP contribution in [0.4, 0.5) is 0 Å². The van der Waals surface area contributed by atoms with E-state index in [4.69, 9.17) is 4.74 Å². The number of likely N-dealkylation sites (tertiary alicyclic amines) is 3. The average Bonchev–Trinajstić information content (AvgIpc) is 3.39. The van der Waals surface area contributed by atoms with Crippen molar-refractivity contribution in [3.8, 4) is 5.75 Å². The number of nitrogens with zero attached hydrogens (tertiary/aromatic N) is 3. The molecule has 3 aliphatic heterocycles. The van der Waals surface area contributed by atoms with Gasteiger partial charge in [0.15, 0.2) is 0 Å². The summed E-state index contributed by atoms with van der Waals surface area (Å²) in [5, 5.41) is 0. The molecule has 0 unspecified atom stereocenters. The van der Waals surface area contributed by atoms with E-state index in [0.29, 0.717) is 36.8 Å². The monoisotopic (exact) mass is 461 g/mol. The second-order valence-electron chi connectivity index (χ2n) is 9.86. The van der Waals surface area contributed by atoms with Gasteiger partial charge in [-0.2, -0.15) is 0 Å². The van der Waals surface area contributed by atoms with E-state index in [-0.39, 0.29) is 17.9 Å². The van der Waals surface area contributed by atoms with Gasteiger partial charge < -0.3 is 14.5 Å². The first-order chi connectivity index (χ1) is 16.7. The van der Waals surface area contributed by atoms with Crippen LogP contribution in [0.2, 0.25) is 0 Å². The molecule has 3 heterocycles. The average molecular weight is 462 g/mol. The minimum Gasteiger partial charge on any atom is -0.492 e. The van der Waals surface area contributed by atoms with Crippen LogP contribution in [-0.4, -0.2) is 71.9 Å². The molecule has 0 spiro atoms. The number of carbonyl (C=O) groups is 2. The molecule has 2 amide bonds. The van der Waals surface area contributed by atoms with E-state index in [1.807, 2.05) is 29.2 Å². The van der Waals surface area contributed by atoms with Crippen molar-refractivity contribution in [3.05, 3.63) is 65.7 Å². The predicted octanol–water partition coefficient (Wildman–Crippen LogP) is 3.81. The third kappa shape index (κ3) is 5.27. The largest absolute Gasteiger partial charge is 0.492 e. The molecule has 2 aromatic carbocycles. The predicted molar refractivity (Wildman–Crippen MR) is 132 cm³/mol. The van der Waals surface area contributed by atoms with Crippen molar-refractivity contribution in [2.75, 3.05) is 39.3 Å². The minimum atomic E-state index is 0.110. The summed E-state index contributed by atoms with van der Waals surface area (Å²) in [5.41, 5.74) is 2.02. The first kappa shape index (κ1) is 22.9. The molecule has 2 aromatic rings. The lowest BCUT2D eigenvalue weighted by atomic mass is 9.98. The van der Waals surface area contributed by atoms with Crippen molar-refractivity contribution in [1.82, 2.24) is 14.7 Å². The quantitative estimate of drug-likeness (QED) is 0.629. The van der Waals surface area contributed by atoms with E-state index in [1.54, 1.807) is 0 Å². The zero-order chi connectivity index (χ0) is 23.3. The molecule has 180 valence electrons. The summed E-state index contributed by atoms with van der Waals surface area (Å²) in [5.74, 6) is 1.55. The summed E-state index contributed by atoms with van der Waals surface area (Å²) in [6, 6.07) is 18.4. The van der Waals surface area contributed by atoms with Gasteiger partial charge in [0.2, 0.25) is 5.91 Å². The molecule has 0 radical (unpaired) electrons. The summed E-state index contributed by atoms with van der Waals surface area (Å²) in [6.45, 7) is 5.63. The van der Waals surface area contributed by atoms with Crippen molar-refractivity contribution < 1.29 is 14.3 Å². The van der Waals surface area contributed by atoms with Crippen molar-refractivity contribution in [2.45, 2.75) is 44.7 Å². The van der Waals surface area contributed by atoms with E-state index in [9.17, 15) is 9.59 Å². The lowest BCUT2D eigenvalue weighted by Crippen LogP contribution is -2.44.